The van der Waals surface area contributed by atoms with E-state index in [0.717, 1.165) is 0 Å². The first-order valence-electron chi connectivity index (χ1n) is 6.32. The molecule has 128 valence electrons. The number of phenols is 1. The molecular formula is C13H19Cl2F3N2O2. The van der Waals surface area contributed by atoms with E-state index in [1.165, 1.54) is 30.2 Å². The molecule has 1 aliphatic rings. The lowest BCUT2D eigenvalue weighted by atomic mass is 10.0. The molecule has 4 nitrogen and oxygen atoms in total. The van der Waals surface area contributed by atoms with Crippen LogP contribution < -0.4 is 10.1 Å². The van der Waals surface area contributed by atoms with Crippen LogP contribution in [-0.4, -0.2) is 49.5 Å². The van der Waals surface area contributed by atoms with Crippen LogP contribution in [-0.2, 0) is 0 Å². The third-order valence-electron chi connectivity index (χ3n) is 3.34. The number of benzene rings is 1. The number of piperazine rings is 1. The maximum atomic E-state index is 13.4. The van der Waals surface area contributed by atoms with Crippen molar-refractivity contribution < 1.29 is 23.0 Å². The number of phenolic OH excluding ortho intramolecular Hbond substituents is 1. The minimum Gasteiger partial charge on any atom is -0.508 e. The number of rotatable bonds is 3. The fraction of sp³-hybridized carbons (Fsp3) is 0.538. The highest BCUT2D eigenvalue weighted by atomic mass is 35.5. The van der Waals surface area contributed by atoms with Crippen LogP contribution in [0.3, 0.4) is 0 Å². The van der Waals surface area contributed by atoms with Gasteiger partial charge in [0.25, 0.3) is 0 Å². The summed E-state index contributed by atoms with van der Waals surface area (Å²) < 4.78 is 45.3. The second-order valence-electron chi connectivity index (χ2n) is 4.66. The number of alkyl halides is 3. The number of hydrogen-bond acceptors (Lipinski definition) is 4. The Bertz CT molecular complexity index is 469. The highest BCUT2D eigenvalue weighted by molar-refractivity contribution is 5.85. The average molecular weight is 363 g/mol. The number of ether oxygens (including phenoxy) is 1. The lowest BCUT2D eigenvalue weighted by Crippen LogP contribution is -2.49. The first kappa shape index (κ1) is 21.1. The van der Waals surface area contributed by atoms with Crippen molar-refractivity contribution in [1.82, 2.24) is 10.2 Å². The molecule has 0 aliphatic carbocycles. The molecule has 2 N–H and O–H groups in total. The van der Waals surface area contributed by atoms with E-state index in [2.05, 4.69) is 5.32 Å². The first-order chi connectivity index (χ1) is 9.43. The van der Waals surface area contributed by atoms with Crippen LogP contribution in [0.25, 0.3) is 0 Å². The summed E-state index contributed by atoms with van der Waals surface area (Å²) in [5.74, 6) is -0.0716. The smallest absolute Gasteiger partial charge is 0.408 e. The number of halogens is 5. The van der Waals surface area contributed by atoms with Crippen molar-refractivity contribution in [1.29, 1.82) is 0 Å². The molecule has 0 amide bonds. The number of nitrogens with one attached hydrogen (secondary N) is 1. The van der Waals surface area contributed by atoms with Gasteiger partial charge >= 0.3 is 6.18 Å². The Hall–Kier alpha value is -0.890. The molecule has 1 aromatic rings. The highest BCUT2D eigenvalue weighted by Crippen LogP contribution is 2.42. The van der Waals surface area contributed by atoms with Gasteiger partial charge in [0.2, 0.25) is 0 Å². The standard InChI is InChI=1S/C13H17F3N2O2.2ClH/c1-20-11-8-9(19)2-3-10(11)12(13(14,15)16)18-6-4-17-5-7-18;;/h2-3,8,12,17,19H,4-7H2,1H3;2*1H/t12-;;/m0../s1. The molecule has 0 spiro atoms. The van der Waals surface area contributed by atoms with Crippen LogP contribution in [0, 0.1) is 0 Å². The van der Waals surface area contributed by atoms with E-state index in [4.69, 9.17) is 4.74 Å². The Morgan fingerprint density at radius 3 is 2.32 bits per heavy atom. The van der Waals surface area contributed by atoms with Crippen molar-refractivity contribution in [3.63, 3.8) is 0 Å². The molecule has 1 aliphatic heterocycles. The minimum absolute atomic E-state index is 0. The van der Waals surface area contributed by atoms with Crippen LogP contribution in [0.1, 0.15) is 11.6 Å². The molecule has 9 heteroatoms. The van der Waals surface area contributed by atoms with Gasteiger partial charge in [-0.05, 0) is 12.1 Å². The van der Waals surface area contributed by atoms with Gasteiger partial charge in [0.15, 0.2) is 0 Å². The van der Waals surface area contributed by atoms with E-state index in [0.29, 0.717) is 26.2 Å². The molecule has 2 rings (SSSR count). The largest absolute Gasteiger partial charge is 0.508 e. The quantitative estimate of drug-likeness (QED) is 0.867. The van der Waals surface area contributed by atoms with E-state index in [1.807, 2.05) is 0 Å². The summed E-state index contributed by atoms with van der Waals surface area (Å²) in [6.45, 7) is 1.67. The Morgan fingerprint density at radius 1 is 1.23 bits per heavy atom. The second-order valence-corrected chi connectivity index (χ2v) is 4.66. The lowest BCUT2D eigenvalue weighted by Gasteiger charge is -2.36. The normalized spacial score (nSPS) is 17.1. The highest BCUT2D eigenvalue weighted by Gasteiger charge is 2.46. The molecule has 1 saturated heterocycles. The fourth-order valence-corrected chi connectivity index (χ4v) is 2.45. The van der Waals surface area contributed by atoms with E-state index < -0.39 is 12.2 Å². The SMILES string of the molecule is COc1cc(O)ccc1[C@H](N1CCNCC1)C(F)(F)F.Cl.Cl. The molecule has 0 aromatic heterocycles. The van der Waals surface area contributed by atoms with E-state index in [1.54, 1.807) is 0 Å². The van der Waals surface area contributed by atoms with E-state index in [9.17, 15) is 18.3 Å². The Morgan fingerprint density at radius 2 is 1.82 bits per heavy atom. The summed E-state index contributed by atoms with van der Waals surface area (Å²) in [5.41, 5.74) is 0.0275. The Balaban J connectivity index is 0.00000220. The third-order valence-corrected chi connectivity index (χ3v) is 3.34. The van der Waals surface area contributed by atoms with E-state index >= 15 is 0 Å². The summed E-state index contributed by atoms with van der Waals surface area (Å²) in [6.07, 6.45) is -4.40. The summed E-state index contributed by atoms with van der Waals surface area (Å²) >= 11 is 0. The van der Waals surface area contributed by atoms with Crippen molar-refractivity contribution in [2.75, 3.05) is 33.3 Å². The first-order valence-corrected chi connectivity index (χ1v) is 6.32. The number of hydrogen-bond donors (Lipinski definition) is 2. The summed E-state index contributed by atoms with van der Waals surface area (Å²) in [6, 6.07) is 2.00. The topological polar surface area (TPSA) is 44.7 Å². The predicted octanol–water partition coefficient (Wildman–Crippen LogP) is 2.75. The molecule has 1 heterocycles. The van der Waals surface area contributed by atoms with Crippen molar-refractivity contribution in [2.24, 2.45) is 0 Å². The van der Waals surface area contributed by atoms with Gasteiger partial charge in [0, 0.05) is 37.8 Å². The van der Waals surface area contributed by atoms with Crippen molar-refractivity contribution >= 4 is 24.8 Å². The van der Waals surface area contributed by atoms with Gasteiger partial charge < -0.3 is 15.2 Å². The van der Waals surface area contributed by atoms with E-state index in [-0.39, 0.29) is 41.9 Å². The third kappa shape index (κ3) is 4.81. The molecule has 0 radical (unpaired) electrons. The van der Waals surface area contributed by atoms with Crippen molar-refractivity contribution in [2.45, 2.75) is 12.2 Å². The minimum atomic E-state index is -4.40. The van der Waals surface area contributed by atoms with Crippen LogP contribution >= 0.6 is 24.8 Å². The zero-order chi connectivity index (χ0) is 14.8. The van der Waals surface area contributed by atoms with Crippen LogP contribution in [0.15, 0.2) is 18.2 Å². The summed E-state index contributed by atoms with van der Waals surface area (Å²) in [5, 5.41) is 12.4. The van der Waals surface area contributed by atoms with Gasteiger partial charge in [-0.2, -0.15) is 13.2 Å². The molecule has 0 unspecified atom stereocenters. The predicted molar refractivity (Wildman–Crippen MR) is 82.4 cm³/mol. The van der Waals surface area contributed by atoms with Crippen molar-refractivity contribution in [3.8, 4) is 11.5 Å². The average Bonchev–Trinajstić information content (AvgIpc) is 2.40. The molecule has 0 saturated carbocycles. The number of nitrogens with zero attached hydrogens (tertiary/aromatic N) is 1. The zero-order valence-corrected chi connectivity index (χ0v) is 13.5. The van der Waals surface area contributed by atoms with Crippen LogP contribution in [0.5, 0.6) is 11.5 Å². The van der Waals surface area contributed by atoms with Gasteiger partial charge in [-0.25, -0.2) is 0 Å². The molecular weight excluding hydrogens is 344 g/mol. The molecule has 1 aromatic carbocycles. The van der Waals surface area contributed by atoms with Crippen molar-refractivity contribution in [3.05, 3.63) is 23.8 Å². The molecule has 0 bridgehead atoms. The summed E-state index contributed by atoms with van der Waals surface area (Å²) in [7, 11) is 1.30. The second kappa shape index (κ2) is 8.67. The van der Waals surface area contributed by atoms with Crippen LogP contribution in [0.2, 0.25) is 0 Å². The van der Waals surface area contributed by atoms with Gasteiger partial charge in [0.1, 0.15) is 17.5 Å². The fourth-order valence-electron chi connectivity index (χ4n) is 2.45. The molecule has 1 atom stereocenters. The van der Waals surface area contributed by atoms with Crippen LogP contribution in [0.4, 0.5) is 13.2 Å². The lowest BCUT2D eigenvalue weighted by molar-refractivity contribution is -0.188. The van der Waals surface area contributed by atoms with Gasteiger partial charge in [0.05, 0.1) is 7.11 Å². The number of methoxy groups -OCH3 is 1. The van der Waals surface area contributed by atoms with Gasteiger partial charge in [-0.3, -0.25) is 4.90 Å². The Labute approximate surface area is 139 Å². The number of aromatic hydroxyl groups is 1. The monoisotopic (exact) mass is 362 g/mol. The van der Waals surface area contributed by atoms with Gasteiger partial charge in [-0.15, -0.1) is 24.8 Å². The Kier molecular flexibility index (Phi) is 8.32. The summed E-state index contributed by atoms with van der Waals surface area (Å²) in [4.78, 5) is 1.38. The maximum Gasteiger partial charge on any atom is 0.408 e. The maximum absolute atomic E-state index is 13.4. The molecule has 1 fully saturated rings. The zero-order valence-electron chi connectivity index (χ0n) is 11.9. The van der Waals surface area contributed by atoms with Gasteiger partial charge in [-0.1, -0.05) is 0 Å². The molecule has 22 heavy (non-hydrogen) atoms.